The van der Waals surface area contributed by atoms with E-state index < -0.39 is 12.9 Å². The van der Waals surface area contributed by atoms with E-state index >= 15 is 0 Å². The molecule has 2 atom stereocenters. The number of likely N-dealkylation sites (tertiary alicyclic amines) is 1. The van der Waals surface area contributed by atoms with Gasteiger partial charge in [0, 0.05) is 18.6 Å². The molecular weight excluding hydrogens is 244 g/mol. The molecular formula is C14H21BFNO2. The van der Waals surface area contributed by atoms with Gasteiger partial charge in [0.15, 0.2) is 0 Å². The van der Waals surface area contributed by atoms with Crippen LogP contribution in [0.4, 0.5) is 4.39 Å². The van der Waals surface area contributed by atoms with Crippen LogP contribution in [-0.2, 0) is 6.54 Å². The highest BCUT2D eigenvalue weighted by atomic mass is 19.1. The van der Waals surface area contributed by atoms with Gasteiger partial charge in [-0.3, -0.25) is 4.90 Å². The maximum atomic E-state index is 13.5. The van der Waals surface area contributed by atoms with Crippen LogP contribution in [0.3, 0.4) is 0 Å². The summed E-state index contributed by atoms with van der Waals surface area (Å²) in [7, 11) is -1.62. The van der Waals surface area contributed by atoms with Crippen molar-refractivity contribution >= 4 is 12.6 Å². The second kappa shape index (κ2) is 6.03. The number of halogens is 1. The number of piperidine rings is 1. The van der Waals surface area contributed by atoms with E-state index in [1.165, 1.54) is 12.5 Å². The summed E-state index contributed by atoms with van der Waals surface area (Å²) in [6.45, 7) is 5.04. The van der Waals surface area contributed by atoms with E-state index in [2.05, 4.69) is 18.7 Å². The highest BCUT2D eigenvalue weighted by Crippen LogP contribution is 2.24. The molecule has 3 nitrogen and oxygen atoms in total. The lowest BCUT2D eigenvalue weighted by atomic mass is 9.79. The molecule has 0 aliphatic carbocycles. The molecule has 1 heterocycles. The summed E-state index contributed by atoms with van der Waals surface area (Å²) >= 11 is 0. The molecule has 0 radical (unpaired) electrons. The zero-order valence-corrected chi connectivity index (χ0v) is 11.5. The third-order valence-corrected chi connectivity index (χ3v) is 4.02. The number of nitrogens with zero attached hydrogens (tertiary/aromatic N) is 1. The summed E-state index contributed by atoms with van der Waals surface area (Å²) in [4.78, 5) is 2.35. The Morgan fingerprint density at radius 2 is 1.84 bits per heavy atom. The van der Waals surface area contributed by atoms with Gasteiger partial charge in [0.05, 0.1) is 0 Å². The van der Waals surface area contributed by atoms with Crippen LogP contribution in [0.2, 0.25) is 0 Å². The van der Waals surface area contributed by atoms with Crippen molar-refractivity contribution in [2.24, 2.45) is 0 Å². The fraction of sp³-hybridized carbons (Fsp3) is 0.571. The lowest BCUT2D eigenvalue weighted by Crippen LogP contribution is -2.43. The van der Waals surface area contributed by atoms with Crippen molar-refractivity contribution in [3.63, 3.8) is 0 Å². The monoisotopic (exact) mass is 265 g/mol. The molecule has 1 aliphatic heterocycles. The Kier molecular flexibility index (Phi) is 4.60. The van der Waals surface area contributed by atoms with E-state index in [9.17, 15) is 4.39 Å². The van der Waals surface area contributed by atoms with Crippen molar-refractivity contribution in [3.05, 3.63) is 29.6 Å². The Bertz CT molecular complexity index is 431. The van der Waals surface area contributed by atoms with Gasteiger partial charge in [-0.05, 0) is 49.8 Å². The van der Waals surface area contributed by atoms with Gasteiger partial charge < -0.3 is 10.0 Å². The first-order chi connectivity index (χ1) is 8.97. The van der Waals surface area contributed by atoms with E-state index in [0.29, 0.717) is 18.6 Å². The third-order valence-electron chi connectivity index (χ3n) is 4.02. The average Bonchev–Trinajstić information content (AvgIpc) is 2.33. The van der Waals surface area contributed by atoms with Crippen molar-refractivity contribution in [2.45, 2.75) is 51.7 Å². The fourth-order valence-corrected chi connectivity index (χ4v) is 2.91. The topological polar surface area (TPSA) is 43.7 Å². The molecule has 1 saturated heterocycles. The maximum Gasteiger partial charge on any atom is 0.488 e. The first kappa shape index (κ1) is 14.5. The van der Waals surface area contributed by atoms with E-state index in [0.717, 1.165) is 24.5 Å². The maximum absolute atomic E-state index is 13.5. The van der Waals surface area contributed by atoms with Gasteiger partial charge in [-0.2, -0.15) is 0 Å². The second-order valence-electron chi connectivity index (χ2n) is 5.57. The molecule has 0 amide bonds. The zero-order chi connectivity index (χ0) is 14.0. The average molecular weight is 265 g/mol. The molecule has 2 unspecified atom stereocenters. The van der Waals surface area contributed by atoms with Crippen LogP contribution >= 0.6 is 0 Å². The second-order valence-corrected chi connectivity index (χ2v) is 5.57. The number of rotatable bonds is 3. The highest BCUT2D eigenvalue weighted by Gasteiger charge is 2.25. The standard InChI is InChI=1S/C14H21BFNO2/c1-10-4-3-5-11(2)17(10)9-12-6-13(15(18)19)8-14(16)7-12/h6-8,10-11,18-19H,3-5,9H2,1-2H3. The van der Waals surface area contributed by atoms with E-state index in [-0.39, 0.29) is 5.46 Å². The molecule has 19 heavy (non-hydrogen) atoms. The number of hydrogen-bond donors (Lipinski definition) is 2. The van der Waals surface area contributed by atoms with Crippen LogP contribution in [0, 0.1) is 5.82 Å². The van der Waals surface area contributed by atoms with Crippen molar-refractivity contribution in [1.82, 2.24) is 4.90 Å². The Morgan fingerprint density at radius 1 is 1.21 bits per heavy atom. The predicted octanol–water partition coefficient (Wildman–Crippen LogP) is 1.27. The lowest BCUT2D eigenvalue weighted by molar-refractivity contribution is 0.0952. The predicted molar refractivity (Wildman–Crippen MR) is 74.5 cm³/mol. The minimum Gasteiger partial charge on any atom is -0.423 e. The summed E-state index contributed by atoms with van der Waals surface area (Å²) in [5.41, 5.74) is 1.01. The normalized spacial score (nSPS) is 24.5. The first-order valence-electron chi connectivity index (χ1n) is 6.88. The van der Waals surface area contributed by atoms with Crippen LogP contribution in [0.1, 0.15) is 38.7 Å². The fourth-order valence-electron chi connectivity index (χ4n) is 2.91. The van der Waals surface area contributed by atoms with Crippen molar-refractivity contribution in [1.29, 1.82) is 0 Å². The minimum absolute atomic E-state index is 0.215. The van der Waals surface area contributed by atoms with Gasteiger partial charge in [-0.15, -0.1) is 0 Å². The van der Waals surface area contributed by atoms with Gasteiger partial charge in [0.25, 0.3) is 0 Å². The molecule has 2 rings (SSSR count). The summed E-state index contributed by atoms with van der Waals surface area (Å²) in [5.74, 6) is -0.419. The summed E-state index contributed by atoms with van der Waals surface area (Å²) < 4.78 is 13.5. The molecule has 1 aromatic rings. The summed E-state index contributed by atoms with van der Waals surface area (Å²) in [6, 6.07) is 5.27. The molecule has 0 aromatic heterocycles. The number of hydrogen-bond acceptors (Lipinski definition) is 3. The van der Waals surface area contributed by atoms with E-state index in [4.69, 9.17) is 10.0 Å². The molecule has 1 aliphatic rings. The molecule has 104 valence electrons. The Balaban J connectivity index is 2.17. The van der Waals surface area contributed by atoms with Crippen LogP contribution in [0.15, 0.2) is 18.2 Å². The largest absolute Gasteiger partial charge is 0.488 e. The van der Waals surface area contributed by atoms with Crippen LogP contribution in [0.5, 0.6) is 0 Å². The van der Waals surface area contributed by atoms with Crippen molar-refractivity contribution in [2.75, 3.05) is 0 Å². The SMILES string of the molecule is CC1CCCC(C)N1Cc1cc(F)cc(B(O)O)c1. The van der Waals surface area contributed by atoms with Gasteiger partial charge in [0.1, 0.15) is 5.82 Å². The lowest BCUT2D eigenvalue weighted by Gasteiger charge is -2.39. The molecule has 0 saturated carbocycles. The number of benzene rings is 1. The van der Waals surface area contributed by atoms with Crippen LogP contribution in [-0.4, -0.2) is 34.2 Å². The molecule has 1 aromatic carbocycles. The first-order valence-corrected chi connectivity index (χ1v) is 6.88. The summed E-state index contributed by atoms with van der Waals surface area (Å²) in [6.07, 6.45) is 3.56. The molecule has 0 spiro atoms. The van der Waals surface area contributed by atoms with Gasteiger partial charge in [-0.25, -0.2) is 4.39 Å². The van der Waals surface area contributed by atoms with E-state index in [1.54, 1.807) is 6.07 Å². The van der Waals surface area contributed by atoms with Crippen molar-refractivity contribution in [3.8, 4) is 0 Å². The van der Waals surface area contributed by atoms with Gasteiger partial charge in [-0.1, -0.05) is 12.5 Å². The zero-order valence-electron chi connectivity index (χ0n) is 11.5. The quantitative estimate of drug-likeness (QED) is 0.809. The molecule has 2 N–H and O–H groups in total. The minimum atomic E-state index is -1.62. The smallest absolute Gasteiger partial charge is 0.423 e. The van der Waals surface area contributed by atoms with Crippen molar-refractivity contribution < 1.29 is 14.4 Å². The summed E-state index contributed by atoms with van der Waals surface area (Å²) in [5, 5.41) is 18.3. The molecule has 1 fully saturated rings. The Morgan fingerprint density at radius 3 is 2.42 bits per heavy atom. The van der Waals surface area contributed by atoms with E-state index in [1.807, 2.05) is 0 Å². The Labute approximate surface area is 114 Å². The van der Waals surface area contributed by atoms with Gasteiger partial charge >= 0.3 is 7.12 Å². The highest BCUT2D eigenvalue weighted by molar-refractivity contribution is 6.58. The van der Waals surface area contributed by atoms with Gasteiger partial charge in [0.2, 0.25) is 0 Å². The van der Waals surface area contributed by atoms with Crippen LogP contribution < -0.4 is 5.46 Å². The molecule has 5 heteroatoms. The Hall–Kier alpha value is -0.905. The van der Waals surface area contributed by atoms with Crippen LogP contribution in [0.25, 0.3) is 0 Å². The third kappa shape index (κ3) is 3.56. The molecule has 0 bridgehead atoms.